The first kappa shape index (κ1) is 19.6. The van der Waals surface area contributed by atoms with E-state index in [1.807, 2.05) is 37.3 Å². The molecule has 0 radical (unpaired) electrons. The molecule has 0 aliphatic carbocycles. The van der Waals surface area contributed by atoms with E-state index in [4.69, 9.17) is 16.1 Å². The fourth-order valence-electron chi connectivity index (χ4n) is 3.57. The Balaban J connectivity index is 1.53. The van der Waals surface area contributed by atoms with Crippen LogP contribution in [0.5, 0.6) is 0 Å². The maximum atomic E-state index is 12.6. The van der Waals surface area contributed by atoms with E-state index in [9.17, 15) is 4.79 Å². The molecule has 5 nitrogen and oxygen atoms in total. The highest BCUT2D eigenvalue weighted by atomic mass is 35.5. The molecule has 1 unspecified atom stereocenters. The molecule has 0 saturated carbocycles. The van der Waals surface area contributed by atoms with Crippen molar-refractivity contribution in [2.24, 2.45) is 0 Å². The van der Waals surface area contributed by atoms with Crippen molar-refractivity contribution in [1.29, 1.82) is 0 Å². The third-order valence-corrected chi connectivity index (χ3v) is 5.62. The van der Waals surface area contributed by atoms with Gasteiger partial charge in [0.2, 0.25) is 17.6 Å². The van der Waals surface area contributed by atoms with Gasteiger partial charge in [-0.2, -0.15) is 4.98 Å². The fourth-order valence-corrected chi connectivity index (χ4v) is 3.91. The van der Waals surface area contributed by atoms with E-state index < -0.39 is 0 Å². The standard InChI is InChI=1S/C23H24ClN3O2/c1-14-5-10-19(18(24)11-14)27-13-16(12-20(27)28)22-25-21(26-29-22)15-6-8-17(9-7-15)23(2,3)4/h5-11,16H,12-13H2,1-4H3. The lowest BCUT2D eigenvalue weighted by Gasteiger charge is -2.18. The maximum absolute atomic E-state index is 12.6. The van der Waals surface area contributed by atoms with Crippen LogP contribution in [0.1, 0.15) is 50.1 Å². The van der Waals surface area contributed by atoms with Gasteiger partial charge in [-0.25, -0.2) is 0 Å². The van der Waals surface area contributed by atoms with Crippen LogP contribution in [0.4, 0.5) is 5.69 Å². The average Bonchev–Trinajstić information content (AvgIpc) is 3.28. The summed E-state index contributed by atoms with van der Waals surface area (Å²) in [5, 5.41) is 4.71. The topological polar surface area (TPSA) is 59.2 Å². The van der Waals surface area contributed by atoms with Crippen LogP contribution >= 0.6 is 11.6 Å². The van der Waals surface area contributed by atoms with E-state index in [0.717, 1.165) is 16.8 Å². The molecular weight excluding hydrogens is 386 g/mol. The number of halogens is 1. The van der Waals surface area contributed by atoms with E-state index in [2.05, 4.69) is 43.0 Å². The first-order chi connectivity index (χ1) is 13.7. The molecule has 1 amide bonds. The Labute approximate surface area is 175 Å². The van der Waals surface area contributed by atoms with Gasteiger partial charge in [-0.15, -0.1) is 0 Å². The Kier molecular flexibility index (Phi) is 4.95. The quantitative estimate of drug-likeness (QED) is 0.571. The van der Waals surface area contributed by atoms with Gasteiger partial charge in [0.05, 0.1) is 16.6 Å². The van der Waals surface area contributed by atoms with Gasteiger partial charge in [0.15, 0.2) is 0 Å². The lowest BCUT2D eigenvalue weighted by atomic mass is 9.87. The highest BCUT2D eigenvalue weighted by molar-refractivity contribution is 6.34. The van der Waals surface area contributed by atoms with Crippen molar-refractivity contribution in [2.45, 2.75) is 45.4 Å². The molecule has 0 N–H and O–H groups in total. The van der Waals surface area contributed by atoms with Crippen molar-refractivity contribution in [3.63, 3.8) is 0 Å². The summed E-state index contributed by atoms with van der Waals surface area (Å²) in [7, 11) is 0. The summed E-state index contributed by atoms with van der Waals surface area (Å²) in [5.41, 5.74) is 4.02. The van der Waals surface area contributed by atoms with Gasteiger partial charge in [-0.3, -0.25) is 4.79 Å². The Hall–Kier alpha value is -2.66. The highest BCUT2D eigenvalue weighted by Gasteiger charge is 2.36. The molecule has 1 atom stereocenters. The van der Waals surface area contributed by atoms with Crippen LogP contribution in [-0.4, -0.2) is 22.6 Å². The van der Waals surface area contributed by atoms with Crippen molar-refractivity contribution in [2.75, 3.05) is 11.4 Å². The molecule has 0 spiro atoms. The molecule has 1 fully saturated rings. The number of hydrogen-bond acceptors (Lipinski definition) is 4. The Morgan fingerprint density at radius 1 is 1.14 bits per heavy atom. The molecular formula is C23H24ClN3O2. The Morgan fingerprint density at radius 2 is 1.86 bits per heavy atom. The lowest BCUT2D eigenvalue weighted by molar-refractivity contribution is -0.117. The number of amides is 1. The number of carbonyl (C=O) groups is 1. The van der Waals surface area contributed by atoms with Gasteiger partial charge >= 0.3 is 0 Å². The number of benzene rings is 2. The minimum atomic E-state index is -0.144. The number of aromatic nitrogens is 2. The van der Waals surface area contributed by atoms with Gasteiger partial charge in [-0.1, -0.05) is 67.9 Å². The Morgan fingerprint density at radius 3 is 2.52 bits per heavy atom. The van der Waals surface area contributed by atoms with Crippen molar-refractivity contribution in [3.05, 3.63) is 64.5 Å². The summed E-state index contributed by atoms with van der Waals surface area (Å²) in [5.74, 6) is 0.892. The molecule has 1 aliphatic rings. The summed E-state index contributed by atoms with van der Waals surface area (Å²) >= 11 is 6.35. The summed E-state index contributed by atoms with van der Waals surface area (Å²) in [6, 6.07) is 13.9. The first-order valence-electron chi connectivity index (χ1n) is 9.73. The number of nitrogens with zero attached hydrogens (tertiary/aromatic N) is 3. The summed E-state index contributed by atoms with van der Waals surface area (Å²) < 4.78 is 5.51. The smallest absolute Gasteiger partial charge is 0.232 e. The molecule has 2 heterocycles. The van der Waals surface area contributed by atoms with Crippen molar-refractivity contribution in [1.82, 2.24) is 10.1 Å². The van der Waals surface area contributed by atoms with Gasteiger partial charge < -0.3 is 9.42 Å². The van der Waals surface area contributed by atoms with Crippen LogP contribution in [0.25, 0.3) is 11.4 Å². The molecule has 4 rings (SSSR count). The van der Waals surface area contributed by atoms with Gasteiger partial charge in [0.1, 0.15) is 0 Å². The normalized spacial score (nSPS) is 17.2. The van der Waals surface area contributed by atoms with Crippen LogP contribution in [-0.2, 0) is 10.2 Å². The number of hydrogen-bond donors (Lipinski definition) is 0. The zero-order valence-electron chi connectivity index (χ0n) is 17.1. The van der Waals surface area contributed by atoms with Crippen molar-refractivity contribution in [3.8, 4) is 11.4 Å². The van der Waals surface area contributed by atoms with Crippen LogP contribution in [0, 0.1) is 6.92 Å². The second-order valence-corrected chi connectivity index (χ2v) is 9.05. The lowest BCUT2D eigenvalue weighted by Crippen LogP contribution is -2.24. The van der Waals surface area contributed by atoms with Gasteiger partial charge in [0, 0.05) is 18.5 Å². The van der Waals surface area contributed by atoms with E-state index in [-0.39, 0.29) is 17.2 Å². The van der Waals surface area contributed by atoms with Crippen LogP contribution < -0.4 is 4.90 Å². The minimum Gasteiger partial charge on any atom is -0.339 e. The van der Waals surface area contributed by atoms with Crippen LogP contribution in [0.2, 0.25) is 5.02 Å². The molecule has 3 aromatic rings. The number of rotatable bonds is 3. The highest BCUT2D eigenvalue weighted by Crippen LogP contribution is 2.35. The molecule has 0 bridgehead atoms. The minimum absolute atomic E-state index is 0.00929. The predicted molar refractivity (Wildman–Crippen MR) is 114 cm³/mol. The third-order valence-electron chi connectivity index (χ3n) is 5.32. The molecule has 1 aliphatic heterocycles. The maximum Gasteiger partial charge on any atom is 0.232 e. The predicted octanol–water partition coefficient (Wildman–Crippen LogP) is 5.52. The van der Waals surface area contributed by atoms with E-state index >= 15 is 0 Å². The van der Waals surface area contributed by atoms with E-state index in [0.29, 0.717) is 29.7 Å². The second-order valence-electron chi connectivity index (χ2n) is 8.64. The van der Waals surface area contributed by atoms with Gasteiger partial charge in [0.25, 0.3) is 0 Å². The fraction of sp³-hybridized carbons (Fsp3) is 0.348. The average molecular weight is 410 g/mol. The molecule has 6 heteroatoms. The zero-order chi connectivity index (χ0) is 20.8. The monoisotopic (exact) mass is 409 g/mol. The number of carbonyl (C=O) groups excluding carboxylic acids is 1. The largest absolute Gasteiger partial charge is 0.339 e. The SMILES string of the molecule is Cc1ccc(N2CC(c3nc(-c4ccc(C(C)(C)C)cc4)no3)CC2=O)c(Cl)c1. The zero-order valence-corrected chi connectivity index (χ0v) is 17.8. The molecule has 29 heavy (non-hydrogen) atoms. The summed E-state index contributed by atoms with van der Waals surface area (Å²) in [6.07, 6.45) is 0.328. The van der Waals surface area contributed by atoms with Crippen LogP contribution in [0.3, 0.4) is 0 Å². The van der Waals surface area contributed by atoms with Crippen molar-refractivity contribution < 1.29 is 9.32 Å². The molecule has 150 valence electrons. The number of anilines is 1. The van der Waals surface area contributed by atoms with Crippen molar-refractivity contribution >= 4 is 23.2 Å². The van der Waals surface area contributed by atoms with Gasteiger partial charge in [-0.05, 0) is 35.6 Å². The molecule has 1 saturated heterocycles. The van der Waals surface area contributed by atoms with E-state index in [1.54, 1.807) is 4.90 Å². The van der Waals surface area contributed by atoms with E-state index in [1.165, 1.54) is 5.56 Å². The number of aryl methyl sites for hydroxylation is 1. The Bertz CT molecular complexity index is 1050. The molecule has 2 aromatic carbocycles. The second kappa shape index (κ2) is 7.30. The first-order valence-corrected chi connectivity index (χ1v) is 10.1. The summed E-state index contributed by atoms with van der Waals surface area (Å²) in [6.45, 7) is 8.98. The summed E-state index contributed by atoms with van der Waals surface area (Å²) in [4.78, 5) is 18.8. The molecule has 1 aromatic heterocycles. The third kappa shape index (κ3) is 3.92. The van der Waals surface area contributed by atoms with Crippen LogP contribution in [0.15, 0.2) is 47.0 Å².